The third-order valence-electron chi connectivity index (χ3n) is 5.28. The van der Waals surface area contributed by atoms with Gasteiger partial charge in [-0.15, -0.1) is 5.11 Å². The zero-order valence-corrected chi connectivity index (χ0v) is 20.3. The molecule has 1 unspecified atom stereocenters. The maximum atomic E-state index is 12.6. The average Bonchev–Trinajstić information content (AvgIpc) is 2.83. The fourth-order valence-corrected chi connectivity index (χ4v) is 3.43. The predicted octanol–water partition coefficient (Wildman–Crippen LogP) is 6.05. The molecule has 1 atom stereocenters. The minimum atomic E-state index is -0.862. The first kappa shape index (κ1) is 24.2. The third-order valence-corrected chi connectivity index (χ3v) is 5.60. The molecule has 4 rings (SSSR count). The molecule has 0 aliphatic carbocycles. The van der Waals surface area contributed by atoms with E-state index in [1.165, 1.54) is 12.3 Å². The number of azo groups is 1. The summed E-state index contributed by atoms with van der Waals surface area (Å²) >= 11 is 6.09. The van der Waals surface area contributed by atoms with E-state index in [0.717, 1.165) is 5.56 Å². The van der Waals surface area contributed by atoms with E-state index in [2.05, 4.69) is 41.5 Å². The van der Waals surface area contributed by atoms with Crippen LogP contribution in [-0.4, -0.2) is 29.9 Å². The molecule has 8 nitrogen and oxygen atoms in total. The number of amides is 1. The number of hydrogen-bond acceptors (Lipinski definition) is 7. The summed E-state index contributed by atoms with van der Waals surface area (Å²) in [6.07, 6.45) is 0.455. The first-order chi connectivity index (χ1) is 16.7. The standard InChI is InChI=1S/C26H25ClN4O4/c1-26(2,3)17-8-11-22-23(13-17)35-24(15-34-22)25(33)31-28-14-16-12-18(9-10-21(16)32)29-30-20-7-5-4-6-19(20)27/h4-14,24,32H,15H2,1-3H3,(H,31,33)/b28-14-,30-29?. The first-order valence-corrected chi connectivity index (χ1v) is 11.3. The minimum Gasteiger partial charge on any atom is -0.507 e. The van der Waals surface area contributed by atoms with Gasteiger partial charge in [-0.2, -0.15) is 10.2 Å². The number of fused-ring (bicyclic) bond motifs is 1. The van der Waals surface area contributed by atoms with Gasteiger partial charge in [0.2, 0.25) is 6.10 Å². The largest absolute Gasteiger partial charge is 0.507 e. The summed E-state index contributed by atoms with van der Waals surface area (Å²) in [5.74, 6) is 0.614. The van der Waals surface area contributed by atoms with E-state index in [4.69, 9.17) is 21.1 Å². The van der Waals surface area contributed by atoms with Gasteiger partial charge in [0.25, 0.3) is 5.91 Å². The molecule has 1 heterocycles. The zero-order valence-electron chi connectivity index (χ0n) is 19.5. The smallest absolute Gasteiger partial charge is 0.284 e. The molecule has 3 aromatic rings. The van der Waals surface area contributed by atoms with Crippen molar-refractivity contribution in [3.8, 4) is 17.2 Å². The lowest BCUT2D eigenvalue weighted by molar-refractivity contribution is -0.130. The van der Waals surface area contributed by atoms with Crippen molar-refractivity contribution in [3.05, 3.63) is 76.8 Å². The topological polar surface area (TPSA) is 105 Å². The number of nitrogens with one attached hydrogen (secondary N) is 1. The number of hydrazone groups is 1. The van der Waals surface area contributed by atoms with Crippen molar-refractivity contribution in [2.24, 2.45) is 15.3 Å². The number of carbonyl (C=O) groups is 1. The lowest BCUT2D eigenvalue weighted by Crippen LogP contribution is -2.42. The van der Waals surface area contributed by atoms with Crippen LogP contribution >= 0.6 is 11.6 Å². The van der Waals surface area contributed by atoms with E-state index in [1.807, 2.05) is 18.2 Å². The summed E-state index contributed by atoms with van der Waals surface area (Å²) in [5, 5.41) is 22.8. The molecule has 1 amide bonds. The highest BCUT2D eigenvalue weighted by Gasteiger charge is 2.28. The highest BCUT2D eigenvalue weighted by atomic mass is 35.5. The number of nitrogens with zero attached hydrogens (tertiary/aromatic N) is 3. The summed E-state index contributed by atoms with van der Waals surface area (Å²) in [4.78, 5) is 12.6. The second-order valence-corrected chi connectivity index (χ2v) is 9.36. The number of ether oxygens (including phenoxy) is 2. The SMILES string of the molecule is CC(C)(C)c1ccc2c(c1)OC(C(=O)N/N=C\c1cc(N=Nc3ccccc3Cl)ccc1O)CO2. The predicted molar refractivity (Wildman–Crippen MR) is 135 cm³/mol. The van der Waals surface area contributed by atoms with Crippen LogP contribution in [0.1, 0.15) is 31.9 Å². The summed E-state index contributed by atoms with van der Waals surface area (Å²) in [5.41, 5.74) is 4.78. The van der Waals surface area contributed by atoms with Crippen molar-refractivity contribution in [1.82, 2.24) is 5.43 Å². The maximum absolute atomic E-state index is 12.6. The number of halogens is 1. The van der Waals surface area contributed by atoms with E-state index in [-0.39, 0.29) is 17.8 Å². The number of carbonyl (C=O) groups excluding carboxylic acids is 1. The van der Waals surface area contributed by atoms with Gasteiger partial charge in [0.15, 0.2) is 11.5 Å². The van der Waals surface area contributed by atoms with Gasteiger partial charge in [-0.1, -0.05) is 50.6 Å². The lowest BCUT2D eigenvalue weighted by Gasteiger charge is -2.27. The van der Waals surface area contributed by atoms with Crippen molar-refractivity contribution in [2.75, 3.05) is 6.61 Å². The normalized spacial score (nSPS) is 15.5. The van der Waals surface area contributed by atoms with Crippen molar-refractivity contribution < 1.29 is 19.4 Å². The summed E-state index contributed by atoms with van der Waals surface area (Å²) in [7, 11) is 0. The van der Waals surface area contributed by atoms with Crippen LogP contribution in [0.5, 0.6) is 17.2 Å². The molecule has 0 aromatic heterocycles. The Bertz CT molecular complexity index is 1300. The number of phenolic OH excluding ortho intramolecular Hbond substituents is 1. The van der Waals surface area contributed by atoms with E-state index in [9.17, 15) is 9.90 Å². The van der Waals surface area contributed by atoms with Crippen molar-refractivity contribution in [1.29, 1.82) is 0 Å². The molecular weight excluding hydrogens is 468 g/mol. The molecule has 0 fully saturated rings. The molecule has 0 spiro atoms. The van der Waals surface area contributed by atoms with Gasteiger partial charge in [-0.3, -0.25) is 4.79 Å². The summed E-state index contributed by atoms with van der Waals surface area (Å²) in [6.45, 7) is 6.35. The molecule has 180 valence electrons. The van der Waals surface area contributed by atoms with Crippen molar-refractivity contribution in [2.45, 2.75) is 32.3 Å². The van der Waals surface area contributed by atoms with Gasteiger partial charge >= 0.3 is 0 Å². The molecular formula is C26H25ClN4O4. The molecule has 1 aliphatic rings. The molecule has 0 radical (unpaired) electrons. The Labute approximate surface area is 208 Å². The number of rotatable bonds is 5. The Balaban J connectivity index is 1.41. The average molecular weight is 493 g/mol. The molecule has 1 aliphatic heterocycles. The Morgan fingerprint density at radius 2 is 1.89 bits per heavy atom. The van der Waals surface area contributed by atoms with Crippen LogP contribution in [-0.2, 0) is 10.2 Å². The molecule has 0 saturated heterocycles. The van der Waals surface area contributed by atoms with Gasteiger partial charge in [-0.25, -0.2) is 5.43 Å². The van der Waals surface area contributed by atoms with Crippen LogP contribution in [0.15, 0.2) is 76.0 Å². The molecule has 0 bridgehead atoms. The first-order valence-electron chi connectivity index (χ1n) is 11.0. The Kier molecular flexibility index (Phi) is 7.02. The molecule has 9 heteroatoms. The number of aromatic hydroxyl groups is 1. The van der Waals surface area contributed by atoms with E-state index < -0.39 is 12.0 Å². The van der Waals surface area contributed by atoms with Crippen LogP contribution in [0.25, 0.3) is 0 Å². The van der Waals surface area contributed by atoms with Gasteiger partial charge in [0.1, 0.15) is 18.0 Å². The Hall–Kier alpha value is -3.91. The van der Waals surface area contributed by atoms with Crippen LogP contribution in [0.4, 0.5) is 11.4 Å². The fourth-order valence-electron chi connectivity index (χ4n) is 3.26. The quantitative estimate of drug-likeness (QED) is 0.257. The highest BCUT2D eigenvalue weighted by Crippen LogP contribution is 2.36. The van der Waals surface area contributed by atoms with Crippen molar-refractivity contribution >= 4 is 35.1 Å². The highest BCUT2D eigenvalue weighted by molar-refractivity contribution is 6.32. The molecule has 2 N–H and O–H groups in total. The molecule has 3 aromatic carbocycles. The zero-order chi connectivity index (χ0) is 25.0. The number of benzene rings is 3. The Morgan fingerprint density at radius 3 is 2.66 bits per heavy atom. The van der Waals surface area contributed by atoms with Crippen LogP contribution in [0, 0.1) is 0 Å². The monoisotopic (exact) mass is 492 g/mol. The van der Waals surface area contributed by atoms with Gasteiger partial charge in [0, 0.05) is 5.56 Å². The minimum absolute atomic E-state index is 0.0272. The van der Waals surface area contributed by atoms with E-state index in [1.54, 1.807) is 36.4 Å². The van der Waals surface area contributed by atoms with Crippen LogP contribution in [0.2, 0.25) is 5.02 Å². The van der Waals surface area contributed by atoms with Crippen LogP contribution < -0.4 is 14.9 Å². The lowest BCUT2D eigenvalue weighted by atomic mass is 9.87. The third kappa shape index (κ3) is 5.96. The van der Waals surface area contributed by atoms with Crippen LogP contribution in [0.3, 0.4) is 0 Å². The van der Waals surface area contributed by atoms with E-state index in [0.29, 0.717) is 33.5 Å². The summed E-state index contributed by atoms with van der Waals surface area (Å²) < 4.78 is 11.5. The number of hydrogen-bond donors (Lipinski definition) is 2. The van der Waals surface area contributed by atoms with Gasteiger partial charge in [0.05, 0.1) is 16.9 Å². The fraction of sp³-hybridized carbons (Fsp3) is 0.231. The molecule has 0 saturated carbocycles. The van der Waals surface area contributed by atoms with E-state index >= 15 is 0 Å². The van der Waals surface area contributed by atoms with Gasteiger partial charge in [-0.05, 0) is 53.4 Å². The summed E-state index contributed by atoms with van der Waals surface area (Å²) in [6, 6.07) is 17.4. The van der Waals surface area contributed by atoms with Crippen molar-refractivity contribution in [3.63, 3.8) is 0 Å². The second-order valence-electron chi connectivity index (χ2n) is 8.96. The van der Waals surface area contributed by atoms with Gasteiger partial charge < -0.3 is 14.6 Å². The number of phenols is 1. The Morgan fingerprint density at radius 1 is 1.09 bits per heavy atom. The maximum Gasteiger partial charge on any atom is 0.284 e. The second kappa shape index (κ2) is 10.1. The molecule has 35 heavy (non-hydrogen) atoms.